The lowest BCUT2D eigenvalue weighted by molar-refractivity contribution is -0.141. The van der Waals surface area contributed by atoms with Crippen LogP contribution in [0.2, 0.25) is 0 Å². The molecule has 0 aromatic rings. The van der Waals surface area contributed by atoms with Gasteiger partial charge in [0.15, 0.2) is 0 Å². The van der Waals surface area contributed by atoms with Crippen LogP contribution in [0.25, 0.3) is 0 Å². The Balaban J connectivity index is 2.12. The summed E-state index contributed by atoms with van der Waals surface area (Å²) in [7, 11) is 2.90. The van der Waals surface area contributed by atoms with E-state index in [0.29, 0.717) is 6.42 Å². The van der Waals surface area contributed by atoms with Crippen molar-refractivity contribution >= 4 is 33.7 Å². The third-order valence-electron chi connectivity index (χ3n) is 1.65. The van der Waals surface area contributed by atoms with Crippen LogP contribution in [-0.2, 0) is 9.53 Å². The Hall–Kier alpha value is -0.820. The van der Waals surface area contributed by atoms with E-state index in [-0.39, 0.29) is 17.2 Å². The van der Waals surface area contributed by atoms with E-state index in [1.165, 1.54) is 31.9 Å². The van der Waals surface area contributed by atoms with Crippen molar-refractivity contribution < 1.29 is 19.4 Å². The Labute approximate surface area is 81.5 Å². The standard InChI is InChI=1S/C6H5NO4S2/c8-3-1-5-7(3)4(2-12-13-5)11-6(9)10/h2,5H,1H2,(H,9,10)/t5-/m0/s1. The van der Waals surface area contributed by atoms with Crippen LogP contribution in [-0.4, -0.2) is 27.4 Å². The largest absolute Gasteiger partial charge is 0.512 e. The number of carboxylic acid groups (broad SMARTS) is 1. The molecular formula is C6H5NO4S2. The summed E-state index contributed by atoms with van der Waals surface area (Å²) in [6.07, 6.45) is -0.935. The molecule has 0 radical (unpaired) electrons. The van der Waals surface area contributed by atoms with Gasteiger partial charge in [0.1, 0.15) is 5.37 Å². The van der Waals surface area contributed by atoms with Gasteiger partial charge in [-0.05, 0) is 0 Å². The van der Waals surface area contributed by atoms with Crippen molar-refractivity contribution in [3.63, 3.8) is 0 Å². The number of carbonyl (C=O) groups is 2. The molecule has 5 nitrogen and oxygen atoms in total. The zero-order valence-corrected chi connectivity index (χ0v) is 7.93. The monoisotopic (exact) mass is 219 g/mol. The lowest BCUT2D eigenvalue weighted by Crippen LogP contribution is -2.51. The van der Waals surface area contributed by atoms with Gasteiger partial charge in [0.25, 0.3) is 0 Å². The van der Waals surface area contributed by atoms with Crippen molar-refractivity contribution in [1.82, 2.24) is 4.90 Å². The van der Waals surface area contributed by atoms with Crippen LogP contribution >= 0.6 is 21.6 Å². The van der Waals surface area contributed by atoms with Crippen molar-refractivity contribution in [1.29, 1.82) is 0 Å². The molecule has 1 amide bonds. The molecule has 13 heavy (non-hydrogen) atoms. The molecule has 0 aliphatic carbocycles. The fourth-order valence-electron chi connectivity index (χ4n) is 1.08. The average molecular weight is 219 g/mol. The first-order chi connectivity index (χ1) is 6.18. The van der Waals surface area contributed by atoms with Gasteiger partial charge in [-0.3, -0.25) is 9.69 Å². The number of fused-ring (bicyclic) bond motifs is 1. The molecule has 0 bridgehead atoms. The summed E-state index contributed by atoms with van der Waals surface area (Å²) >= 11 is 0. The minimum Gasteiger partial charge on any atom is -0.449 e. The quantitative estimate of drug-likeness (QED) is 0.409. The SMILES string of the molecule is O=C(O)OC1=CSS[C@H]2CC(=O)N12. The van der Waals surface area contributed by atoms with Gasteiger partial charge in [-0.1, -0.05) is 21.6 Å². The van der Waals surface area contributed by atoms with Gasteiger partial charge in [-0.2, -0.15) is 0 Å². The Morgan fingerprint density at radius 3 is 3.15 bits per heavy atom. The molecule has 2 heterocycles. The molecule has 0 unspecified atom stereocenters. The highest BCUT2D eigenvalue weighted by atomic mass is 33.1. The van der Waals surface area contributed by atoms with Gasteiger partial charge in [0.2, 0.25) is 11.8 Å². The van der Waals surface area contributed by atoms with Crippen molar-refractivity contribution in [2.75, 3.05) is 0 Å². The normalized spacial score (nSPS) is 25.8. The Morgan fingerprint density at radius 1 is 1.77 bits per heavy atom. The Kier molecular flexibility index (Phi) is 2.12. The summed E-state index contributed by atoms with van der Waals surface area (Å²) in [5.74, 6) is 0.0304. The van der Waals surface area contributed by atoms with E-state index in [0.717, 1.165) is 0 Å². The fourth-order valence-corrected chi connectivity index (χ4v) is 3.29. The molecule has 0 aromatic carbocycles. The summed E-state index contributed by atoms with van der Waals surface area (Å²) in [4.78, 5) is 22.6. The Bertz CT molecular complexity index is 303. The van der Waals surface area contributed by atoms with Crippen LogP contribution in [0.4, 0.5) is 4.79 Å². The molecule has 2 rings (SSSR count). The highest BCUT2D eigenvalue weighted by Crippen LogP contribution is 2.45. The predicted octanol–water partition coefficient (Wildman–Crippen LogP) is 1.43. The number of β-lactam (4-membered cyclic amide) rings is 1. The van der Waals surface area contributed by atoms with Gasteiger partial charge in [0, 0.05) is 5.41 Å². The number of rotatable bonds is 1. The van der Waals surface area contributed by atoms with Crippen molar-refractivity contribution in [2.24, 2.45) is 0 Å². The van der Waals surface area contributed by atoms with Crippen molar-refractivity contribution in [2.45, 2.75) is 11.8 Å². The molecular weight excluding hydrogens is 214 g/mol. The molecule has 0 saturated carbocycles. The van der Waals surface area contributed by atoms with Crippen LogP contribution in [0.15, 0.2) is 11.3 Å². The van der Waals surface area contributed by atoms with Gasteiger partial charge < -0.3 is 9.84 Å². The number of hydrogen-bond acceptors (Lipinski definition) is 5. The van der Waals surface area contributed by atoms with E-state index in [1.54, 1.807) is 0 Å². The predicted molar refractivity (Wildman–Crippen MR) is 47.6 cm³/mol. The Morgan fingerprint density at radius 2 is 2.54 bits per heavy atom. The number of nitrogens with zero attached hydrogens (tertiary/aromatic N) is 1. The van der Waals surface area contributed by atoms with E-state index in [4.69, 9.17) is 5.11 Å². The average Bonchev–Trinajstić information content (AvgIpc) is 2.00. The lowest BCUT2D eigenvalue weighted by atomic mass is 10.2. The summed E-state index contributed by atoms with van der Waals surface area (Å²) in [5, 5.41) is 9.92. The number of ether oxygens (including phenoxy) is 1. The second-order valence-corrected chi connectivity index (χ2v) is 4.76. The third kappa shape index (κ3) is 1.49. The molecule has 2 aliphatic rings. The van der Waals surface area contributed by atoms with Crippen molar-refractivity contribution in [3.05, 3.63) is 11.3 Å². The van der Waals surface area contributed by atoms with Gasteiger partial charge >= 0.3 is 6.16 Å². The highest BCUT2D eigenvalue weighted by molar-refractivity contribution is 8.78. The maximum atomic E-state index is 11.0. The molecule has 1 saturated heterocycles. The third-order valence-corrected chi connectivity index (χ3v) is 3.95. The smallest absolute Gasteiger partial charge is 0.449 e. The van der Waals surface area contributed by atoms with Crippen LogP contribution in [0.3, 0.4) is 0 Å². The van der Waals surface area contributed by atoms with Gasteiger partial charge in [0.05, 0.1) is 6.42 Å². The summed E-state index contributed by atoms with van der Waals surface area (Å²) in [6, 6.07) is 0. The van der Waals surface area contributed by atoms with Crippen LogP contribution in [0.5, 0.6) is 0 Å². The van der Waals surface area contributed by atoms with E-state index < -0.39 is 6.16 Å². The first kappa shape index (κ1) is 8.76. The first-order valence-electron chi connectivity index (χ1n) is 3.43. The van der Waals surface area contributed by atoms with E-state index in [1.807, 2.05) is 0 Å². The van der Waals surface area contributed by atoms with E-state index >= 15 is 0 Å². The molecule has 0 spiro atoms. The van der Waals surface area contributed by atoms with Gasteiger partial charge in [-0.15, -0.1) is 0 Å². The molecule has 0 aromatic heterocycles. The second kappa shape index (κ2) is 3.15. The fraction of sp³-hybridized carbons (Fsp3) is 0.333. The van der Waals surface area contributed by atoms with Crippen molar-refractivity contribution in [3.8, 4) is 0 Å². The number of hydrogen-bond donors (Lipinski definition) is 1. The zero-order valence-electron chi connectivity index (χ0n) is 6.30. The molecule has 7 heteroatoms. The summed E-state index contributed by atoms with van der Waals surface area (Å²) < 4.78 is 4.44. The summed E-state index contributed by atoms with van der Waals surface area (Å²) in [6.45, 7) is 0. The number of carbonyl (C=O) groups excluding carboxylic acids is 1. The molecule has 1 atom stereocenters. The molecule has 2 aliphatic heterocycles. The summed E-state index contributed by atoms with van der Waals surface area (Å²) in [5.41, 5.74) is 0. The lowest BCUT2D eigenvalue weighted by Gasteiger charge is -2.41. The minimum atomic E-state index is -1.39. The van der Waals surface area contributed by atoms with Crippen LogP contribution in [0, 0.1) is 0 Å². The van der Waals surface area contributed by atoms with E-state index in [9.17, 15) is 9.59 Å². The number of amides is 1. The highest BCUT2D eigenvalue weighted by Gasteiger charge is 2.43. The topological polar surface area (TPSA) is 66.8 Å². The first-order valence-corrected chi connectivity index (χ1v) is 5.71. The molecule has 1 N–H and O–H groups in total. The zero-order chi connectivity index (χ0) is 9.42. The second-order valence-electron chi connectivity index (χ2n) is 2.44. The maximum absolute atomic E-state index is 11.0. The minimum absolute atomic E-state index is 0.0387. The molecule has 70 valence electrons. The van der Waals surface area contributed by atoms with Crippen LogP contribution < -0.4 is 0 Å². The van der Waals surface area contributed by atoms with Crippen LogP contribution in [0.1, 0.15) is 6.42 Å². The van der Waals surface area contributed by atoms with Gasteiger partial charge in [-0.25, -0.2) is 4.79 Å². The van der Waals surface area contributed by atoms with E-state index in [2.05, 4.69) is 4.74 Å². The maximum Gasteiger partial charge on any atom is 0.512 e. The molecule has 1 fully saturated rings.